The molecule has 0 bridgehead atoms. The Hall–Kier alpha value is -2.38. The van der Waals surface area contributed by atoms with Crippen LogP contribution in [0, 0.1) is 0 Å². The number of carboxylic acids is 1. The van der Waals surface area contributed by atoms with E-state index in [1.54, 1.807) is 0 Å². The molecule has 0 amide bonds. The highest BCUT2D eigenvalue weighted by molar-refractivity contribution is 5.99. The van der Waals surface area contributed by atoms with Crippen molar-refractivity contribution >= 4 is 17.4 Å². The van der Waals surface area contributed by atoms with Crippen LogP contribution < -0.4 is 11.3 Å². The molecule has 0 aliphatic heterocycles. The first-order chi connectivity index (χ1) is 8.23. The van der Waals surface area contributed by atoms with E-state index in [9.17, 15) is 9.59 Å². The van der Waals surface area contributed by atoms with Crippen molar-refractivity contribution in [3.8, 4) is 0 Å². The number of anilines is 1. The lowest BCUT2D eigenvalue weighted by Gasteiger charge is -2.15. The number of aromatic amines is 1. The van der Waals surface area contributed by atoms with E-state index in [1.165, 1.54) is 0 Å². The molecule has 8 heteroatoms. The van der Waals surface area contributed by atoms with E-state index in [2.05, 4.69) is 15.3 Å². The molecule has 0 aromatic carbocycles. The average molecular weight is 251 g/mol. The predicted octanol–water partition coefficient (Wildman–Crippen LogP) is -0.00450. The van der Waals surface area contributed by atoms with Gasteiger partial charge in [-0.15, -0.1) is 10.2 Å². The van der Waals surface area contributed by atoms with Gasteiger partial charge in [-0.1, -0.05) is 20.8 Å². The number of rotatable bonds is 1. The third-order valence-electron chi connectivity index (χ3n) is 2.51. The van der Waals surface area contributed by atoms with Crippen molar-refractivity contribution < 1.29 is 9.90 Å². The first kappa shape index (κ1) is 12.1. The van der Waals surface area contributed by atoms with Crippen LogP contribution in [0.4, 0.5) is 5.82 Å². The molecule has 2 heterocycles. The number of nitrogens with one attached hydrogen (secondary N) is 1. The summed E-state index contributed by atoms with van der Waals surface area (Å²) in [5.74, 6) is -1.39. The molecule has 4 N–H and O–H groups in total. The summed E-state index contributed by atoms with van der Waals surface area (Å²) in [6, 6.07) is 0. The van der Waals surface area contributed by atoms with Gasteiger partial charge in [0.2, 0.25) is 0 Å². The maximum absolute atomic E-state index is 12.1. The molecule has 0 aliphatic rings. The van der Waals surface area contributed by atoms with Gasteiger partial charge < -0.3 is 10.8 Å². The Morgan fingerprint density at radius 3 is 2.50 bits per heavy atom. The second-order valence-corrected chi connectivity index (χ2v) is 4.97. The van der Waals surface area contributed by atoms with Crippen molar-refractivity contribution in [3.63, 3.8) is 0 Å². The van der Waals surface area contributed by atoms with E-state index >= 15 is 0 Å². The molecular weight excluding hydrogens is 238 g/mol. The minimum Gasteiger partial charge on any atom is -0.477 e. The molecule has 2 aromatic heterocycles. The average Bonchev–Trinajstić information content (AvgIpc) is 2.53. The highest BCUT2D eigenvalue weighted by Crippen LogP contribution is 2.18. The monoisotopic (exact) mass is 251 g/mol. The second-order valence-electron chi connectivity index (χ2n) is 4.97. The van der Waals surface area contributed by atoms with Crippen LogP contribution in [0.15, 0.2) is 4.79 Å². The van der Waals surface area contributed by atoms with E-state index < -0.39 is 16.9 Å². The van der Waals surface area contributed by atoms with Gasteiger partial charge in [-0.25, -0.2) is 4.79 Å². The lowest BCUT2D eigenvalue weighted by Crippen LogP contribution is -2.30. The fourth-order valence-corrected chi connectivity index (χ4v) is 1.63. The fourth-order valence-electron chi connectivity index (χ4n) is 1.63. The molecule has 0 fully saturated rings. The molecule has 0 aliphatic carbocycles. The Kier molecular flexibility index (Phi) is 2.39. The molecule has 96 valence electrons. The number of aromatic carboxylic acids is 1. The quantitative estimate of drug-likeness (QED) is 0.654. The van der Waals surface area contributed by atoms with Crippen molar-refractivity contribution in [1.29, 1.82) is 0 Å². The molecule has 0 atom stereocenters. The number of hydrogen-bond donors (Lipinski definition) is 3. The topological polar surface area (TPSA) is 126 Å². The van der Waals surface area contributed by atoms with Gasteiger partial charge in [-0.05, 0) is 0 Å². The molecular formula is C10H13N5O3. The lowest BCUT2D eigenvalue weighted by molar-refractivity contribution is 0.0700. The van der Waals surface area contributed by atoms with Gasteiger partial charge in [0.05, 0.1) is 0 Å². The van der Waals surface area contributed by atoms with Gasteiger partial charge in [-0.2, -0.15) is 4.52 Å². The highest BCUT2D eigenvalue weighted by atomic mass is 16.4. The van der Waals surface area contributed by atoms with E-state index in [-0.39, 0.29) is 22.7 Å². The lowest BCUT2D eigenvalue weighted by atomic mass is 9.93. The number of nitrogen functional groups attached to an aromatic ring is 1. The second kappa shape index (κ2) is 3.56. The molecule has 8 nitrogen and oxygen atoms in total. The van der Waals surface area contributed by atoms with Crippen LogP contribution in [0.3, 0.4) is 0 Å². The third-order valence-corrected chi connectivity index (χ3v) is 2.51. The normalized spacial score (nSPS) is 11.9. The van der Waals surface area contributed by atoms with Crippen LogP contribution in [0.2, 0.25) is 0 Å². The number of carbonyl (C=O) groups is 1. The first-order valence-electron chi connectivity index (χ1n) is 5.24. The van der Waals surface area contributed by atoms with E-state index in [0.717, 1.165) is 4.52 Å². The van der Waals surface area contributed by atoms with Gasteiger partial charge in [0.1, 0.15) is 17.1 Å². The third kappa shape index (κ3) is 1.62. The fraction of sp³-hybridized carbons (Fsp3) is 0.400. The Morgan fingerprint density at radius 1 is 1.39 bits per heavy atom. The van der Waals surface area contributed by atoms with Gasteiger partial charge in [0.15, 0.2) is 5.65 Å². The van der Waals surface area contributed by atoms with Crippen molar-refractivity contribution in [3.05, 3.63) is 21.6 Å². The first-order valence-corrected chi connectivity index (χ1v) is 5.24. The molecule has 0 saturated carbocycles. The molecule has 18 heavy (non-hydrogen) atoms. The maximum atomic E-state index is 12.1. The number of nitrogens with zero attached hydrogens (tertiary/aromatic N) is 3. The summed E-state index contributed by atoms with van der Waals surface area (Å²) in [6.07, 6.45) is 0. The zero-order valence-electron chi connectivity index (χ0n) is 10.2. The van der Waals surface area contributed by atoms with E-state index in [4.69, 9.17) is 10.8 Å². The molecule has 2 aromatic rings. The summed E-state index contributed by atoms with van der Waals surface area (Å²) in [4.78, 5) is 23.2. The largest absolute Gasteiger partial charge is 0.477 e. The zero-order chi connectivity index (χ0) is 13.7. The summed E-state index contributed by atoms with van der Waals surface area (Å²) in [5, 5.41) is 19.1. The number of fused-ring (bicyclic) bond motifs is 1. The van der Waals surface area contributed by atoms with Crippen LogP contribution in [0.5, 0.6) is 0 Å². The van der Waals surface area contributed by atoms with Gasteiger partial charge in [-0.3, -0.25) is 9.89 Å². The molecule has 0 spiro atoms. The summed E-state index contributed by atoms with van der Waals surface area (Å²) < 4.78 is 1.01. The van der Waals surface area contributed by atoms with Crippen molar-refractivity contribution in [2.75, 3.05) is 5.73 Å². The number of carboxylic acid groups (broad SMARTS) is 1. The maximum Gasteiger partial charge on any atom is 0.343 e. The molecule has 0 saturated heterocycles. The Balaban J connectivity index is 2.87. The minimum atomic E-state index is -1.26. The Bertz CT molecular complexity index is 692. The Morgan fingerprint density at radius 2 is 2.00 bits per heavy atom. The number of H-pyrrole nitrogens is 1. The van der Waals surface area contributed by atoms with E-state index in [1.807, 2.05) is 20.8 Å². The zero-order valence-corrected chi connectivity index (χ0v) is 10.2. The van der Waals surface area contributed by atoms with Crippen LogP contribution >= 0.6 is 0 Å². The van der Waals surface area contributed by atoms with Crippen LogP contribution in [-0.4, -0.2) is 30.9 Å². The smallest absolute Gasteiger partial charge is 0.343 e. The van der Waals surface area contributed by atoms with Crippen molar-refractivity contribution in [2.45, 2.75) is 26.2 Å². The van der Waals surface area contributed by atoms with Gasteiger partial charge in [0, 0.05) is 5.41 Å². The van der Waals surface area contributed by atoms with Gasteiger partial charge >= 0.3 is 5.97 Å². The van der Waals surface area contributed by atoms with E-state index in [0.29, 0.717) is 0 Å². The number of nitrogens with two attached hydrogens (primary N) is 1. The predicted molar refractivity (Wildman–Crippen MR) is 63.7 cm³/mol. The standard InChI is InChI=1S/C10H13N5O3/c1-10(2,3)5-8(16)15-7(13-12-5)4(9(17)18)6(11)14-15/h14H,11H2,1-3H3,(H,17,18). The van der Waals surface area contributed by atoms with Crippen LogP contribution in [0.25, 0.3) is 5.65 Å². The van der Waals surface area contributed by atoms with Crippen molar-refractivity contribution in [1.82, 2.24) is 19.8 Å². The molecule has 0 radical (unpaired) electrons. The minimum absolute atomic E-state index is 0.0852. The summed E-state index contributed by atoms with van der Waals surface area (Å²) in [5.41, 5.74) is 4.47. The SMILES string of the molecule is CC(C)(C)c1nnc2c(C(=O)O)c(N)[nH]n2c1=O. The highest BCUT2D eigenvalue weighted by Gasteiger charge is 2.25. The summed E-state index contributed by atoms with van der Waals surface area (Å²) in [7, 11) is 0. The number of aromatic nitrogens is 4. The number of hydrogen-bond acceptors (Lipinski definition) is 5. The summed E-state index contributed by atoms with van der Waals surface area (Å²) >= 11 is 0. The van der Waals surface area contributed by atoms with Crippen LogP contribution in [-0.2, 0) is 5.41 Å². The Labute approximate surface area is 101 Å². The molecule has 2 rings (SSSR count). The van der Waals surface area contributed by atoms with Crippen LogP contribution in [0.1, 0.15) is 36.8 Å². The molecule has 0 unspecified atom stereocenters. The van der Waals surface area contributed by atoms with Crippen molar-refractivity contribution in [2.24, 2.45) is 0 Å². The summed E-state index contributed by atoms with van der Waals surface area (Å²) in [6.45, 7) is 5.44. The van der Waals surface area contributed by atoms with Gasteiger partial charge in [0.25, 0.3) is 5.56 Å².